The molecule has 0 aliphatic carbocycles. The molecule has 0 rings (SSSR count). The van der Waals surface area contributed by atoms with Crippen LogP contribution in [0.2, 0.25) is 0 Å². The van der Waals surface area contributed by atoms with Crippen molar-refractivity contribution >= 4 is 0 Å². The minimum atomic E-state index is 0.254. The average Bonchev–Trinajstić information content (AvgIpc) is 2.03. The third-order valence-corrected chi connectivity index (χ3v) is 2.57. The van der Waals surface area contributed by atoms with E-state index in [9.17, 15) is 0 Å². The monoisotopic (exact) mass is 201 g/mol. The molecule has 2 heteroatoms. The normalized spacial score (nSPS) is 16.7. The second-order valence-corrected chi connectivity index (χ2v) is 4.91. The molecule has 14 heavy (non-hydrogen) atoms. The molecule has 1 N–H and O–H groups in total. The summed E-state index contributed by atoms with van der Waals surface area (Å²) in [5.41, 5.74) is 0.254. The van der Waals surface area contributed by atoms with Crippen LogP contribution in [0.15, 0.2) is 0 Å². The fourth-order valence-electron chi connectivity index (χ4n) is 2.02. The minimum absolute atomic E-state index is 0.254. The maximum Gasteiger partial charge on any atom is 0.0732 e. The summed E-state index contributed by atoms with van der Waals surface area (Å²) in [5, 5.41) is 3.39. The van der Waals surface area contributed by atoms with Gasteiger partial charge < -0.3 is 10.1 Å². The zero-order valence-electron chi connectivity index (χ0n) is 10.7. The van der Waals surface area contributed by atoms with E-state index in [2.05, 4.69) is 39.9 Å². The Bertz CT molecular complexity index is 134. The summed E-state index contributed by atoms with van der Waals surface area (Å²) in [4.78, 5) is 0. The summed E-state index contributed by atoms with van der Waals surface area (Å²) < 4.78 is 5.80. The number of hydrogen-bond acceptors (Lipinski definition) is 2. The Morgan fingerprint density at radius 3 is 2.07 bits per heavy atom. The number of nitrogens with one attached hydrogen (secondary N) is 1. The van der Waals surface area contributed by atoms with E-state index in [1.54, 1.807) is 0 Å². The van der Waals surface area contributed by atoms with Crippen molar-refractivity contribution in [2.45, 2.75) is 59.6 Å². The molecule has 0 amide bonds. The van der Waals surface area contributed by atoms with Crippen LogP contribution in [0.4, 0.5) is 0 Å². The van der Waals surface area contributed by atoms with Gasteiger partial charge >= 0.3 is 0 Å². The van der Waals surface area contributed by atoms with Gasteiger partial charge in [0.15, 0.2) is 0 Å². The molecule has 0 spiro atoms. The topological polar surface area (TPSA) is 21.3 Å². The van der Waals surface area contributed by atoms with Gasteiger partial charge in [0.1, 0.15) is 0 Å². The van der Waals surface area contributed by atoms with Crippen LogP contribution in [0.3, 0.4) is 0 Å². The van der Waals surface area contributed by atoms with Gasteiger partial charge in [-0.25, -0.2) is 0 Å². The highest BCUT2D eigenvalue weighted by molar-refractivity contribution is 4.86. The van der Waals surface area contributed by atoms with Gasteiger partial charge in [-0.15, -0.1) is 0 Å². The van der Waals surface area contributed by atoms with Crippen molar-refractivity contribution in [1.29, 1.82) is 0 Å². The zero-order valence-corrected chi connectivity index (χ0v) is 10.7. The van der Waals surface area contributed by atoms with Crippen molar-refractivity contribution in [1.82, 2.24) is 5.32 Å². The number of likely N-dealkylation sites (N-methyl/N-ethyl adjacent to an activating group) is 1. The molecule has 0 aromatic carbocycles. The molecule has 0 aromatic rings. The van der Waals surface area contributed by atoms with Crippen molar-refractivity contribution in [2.75, 3.05) is 13.7 Å². The van der Waals surface area contributed by atoms with Gasteiger partial charge in [0, 0.05) is 12.6 Å². The number of ether oxygens (including phenoxy) is 1. The maximum atomic E-state index is 5.80. The highest BCUT2D eigenvalue weighted by atomic mass is 16.5. The average molecular weight is 201 g/mol. The Morgan fingerprint density at radius 2 is 1.79 bits per heavy atom. The van der Waals surface area contributed by atoms with Crippen LogP contribution in [0, 0.1) is 5.41 Å². The molecule has 0 fully saturated rings. The second-order valence-electron chi connectivity index (χ2n) is 4.91. The van der Waals surface area contributed by atoms with Crippen LogP contribution in [0.25, 0.3) is 0 Å². The van der Waals surface area contributed by atoms with Crippen molar-refractivity contribution in [3.63, 3.8) is 0 Å². The fraction of sp³-hybridized carbons (Fsp3) is 1.00. The molecule has 0 bridgehead atoms. The van der Waals surface area contributed by atoms with Gasteiger partial charge in [-0.1, -0.05) is 34.1 Å². The summed E-state index contributed by atoms with van der Waals surface area (Å²) in [6, 6.07) is 0.433. The lowest BCUT2D eigenvalue weighted by Crippen LogP contribution is -2.48. The summed E-state index contributed by atoms with van der Waals surface area (Å²) >= 11 is 0. The number of hydrogen-bond donors (Lipinski definition) is 1. The van der Waals surface area contributed by atoms with Crippen molar-refractivity contribution in [3.05, 3.63) is 0 Å². The summed E-state index contributed by atoms with van der Waals surface area (Å²) in [7, 11) is 2.03. The van der Waals surface area contributed by atoms with Gasteiger partial charge in [-0.05, 0) is 25.8 Å². The molecule has 0 saturated carbocycles. The number of rotatable bonds is 6. The molecule has 2 atom stereocenters. The smallest absolute Gasteiger partial charge is 0.0732 e. The molecule has 0 aliphatic rings. The van der Waals surface area contributed by atoms with Gasteiger partial charge in [-0.3, -0.25) is 0 Å². The largest absolute Gasteiger partial charge is 0.377 e. The third-order valence-electron chi connectivity index (χ3n) is 2.57. The maximum absolute atomic E-state index is 5.80. The first-order valence-electron chi connectivity index (χ1n) is 5.76. The van der Waals surface area contributed by atoms with Crippen LogP contribution in [-0.4, -0.2) is 25.8 Å². The Hall–Kier alpha value is -0.0800. The highest BCUT2D eigenvalue weighted by Gasteiger charge is 2.30. The first-order chi connectivity index (χ1) is 6.47. The van der Waals surface area contributed by atoms with Gasteiger partial charge in [-0.2, -0.15) is 0 Å². The SMILES string of the molecule is CCCC(OCC)C(NC)C(C)(C)C. The molecule has 0 saturated heterocycles. The van der Waals surface area contributed by atoms with E-state index in [1.165, 1.54) is 6.42 Å². The molecule has 86 valence electrons. The van der Waals surface area contributed by atoms with Crippen molar-refractivity contribution in [3.8, 4) is 0 Å². The lowest BCUT2D eigenvalue weighted by Gasteiger charge is -2.36. The van der Waals surface area contributed by atoms with Crippen molar-refractivity contribution < 1.29 is 4.74 Å². The van der Waals surface area contributed by atoms with E-state index in [4.69, 9.17) is 4.74 Å². The summed E-state index contributed by atoms with van der Waals surface area (Å²) in [6.45, 7) is 11.9. The van der Waals surface area contributed by atoms with Crippen LogP contribution < -0.4 is 5.32 Å². The lowest BCUT2D eigenvalue weighted by atomic mass is 9.82. The van der Waals surface area contributed by atoms with Crippen LogP contribution >= 0.6 is 0 Å². The Labute approximate surface area is 89.4 Å². The van der Waals surface area contributed by atoms with Crippen LogP contribution in [0.5, 0.6) is 0 Å². The fourth-order valence-corrected chi connectivity index (χ4v) is 2.02. The predicted molar refractivity (Wildman–Crippen MR) is 62.6 cm³/mol. The molecular formula is C12H27NO. The Balaban J connectivity index is 4.41. The van der Waals surface area contributed by atoms with E-state index in [0.29, 0.717) is 12.1 Å². The molecular weight excluding hydrogens is 174 g/mol. The van der Waals surface area contributed by atoms with E-state index in [1.807, 2.05) is 7.05 Å². The van der Waals surface area contributed by atoms with Gasteiger partial charge in [0.05, 0.1) is 6.10 Å². The van der Waals surface area contributed by atoms with Crippen LogP contribution in [-0.2, 0) is 4.74 Å². The molecule has 0 aromatic heterocycles. The highest BCUT2D eigenvalue weighted by Crippen LogP contribution is 2.25. The van der Waals surface area contributed by atoms with E-state index >= 15 is 0 Å². The Kier molecular flexibility index (Phi) is 6.38. The Morgan fingerprint density at radius 1 is 1.21 bits per heavy atom. The zero-order chi connectivity index (χ0) is 11.2. The van der Waals surface area contributed by atoms with Gasteiger partial charge in [0.2, 0.25) is 0 Å². The quantitative estimate of drug-likeness (QED) is 0.713. The lowest BCUT2D eigenvalue weighted by molar-refractivity contribution is -0.000315. The molecule has 2 nitrogen and oxygen atoms in total. The predicted octanol–water partition coefficient (Wildman–Crippen LogP) is 2.83. The third kappa shape index (κ3) is 4.43. The first-order valence-corrected chi connectivity index (χ1v) is 5.76. The van der Waals surface area contributed by atoms with E-state index in [-0.39, 0.29) is 5.41 Å². The summed E-state index contributed by atoms with van der Waals surface area (Å²) in [6.07, 6.45) is 2.66. The standard InChI is InChI=1S/C12H27NO/c1-7-9-10(14-8-2)11(13-6)12(3,4)5/h10-11,13H,7-9H2,1-6H3. The molecule has 0 aliphatic heterocycles. The minimum Gasteiger partial charge on any atom is -0.377 e. The molecule has 2 unspecified atom stereocenters. The summed E-state index contributed by atoms with van der Waals surface area (Å²) in [5.74, 6) is 0. The molecule has 0 heterocycles. The van der Waals surface area contributed by atoms with Crippen LogP contribution in [0.1, 0.15) is 47.5 Å². The molecule has 0 radical (unpaired) electrons. The van der Waals surface area contributed by atoms with E-state index < -0.39 is 0 Å². The second kappa shape index (κ2) is 6.41. The van der Waals surface area contributed by atoms with E-state index in [0.717, 1.165) is 13.0 Å². The van der Waals surface area contributed by atoms with Crippen molar-refractivity contribution in [2.24, 2.45) is 5.41 Å². The van der Waals surface area contributed by atoms with Gasteiger partial charge in [0.25, 0.3) is 0 Å². The first kappa shape index (κ1) is 13.9.